The Morgan fingerprint density at radius 1 is 1.15 bits per heavy atom. The minimum Gasteiger partial charge on any atom is -0.360 e. The highest BCUT2D eigenvalue weighted by molar-refractivity contribution is 5.55. The van der Waals surface area contributed by atoms with Gasteiger partial charge in [-0.15, -0.1) is 0 Å². The molecule has 1 aromatic heterocycles. The fourth-order valence-electron chi connectivity index (χ4n) is 1.90. The van der Waals surface area contributed by atoms with Gasteiger partial charge in [-0.25, -0.2) is 4.98 Å². The van der Waals surface area contributed by atoms with E-state index in [1.54, 1.807) is 6.20 Å². The predicted molar refractivity (Wildman–Crippen MR) is 84.7 cm³/mol. The first-order valence-corrected chi connectivity index (χ1v) is 7.07. The zero-order valence-corrected chi connectivity index (χ0v) is 12.4. The Balaban J connectivity index is 2.07. The minimum absolute atomic E-state index is 0.634. The third-order valence-corrected chi connectivity index (χ3v) is 3.19. The van der Waals surface area contributed by atoms with Gasteiger partial charge in [0.15, 0.2) is 0 Å². The molecule has 4 heteroatoms. The zero-order chi connectivity index (χ0) is 14.4. The molecule has 0 bridgehead atoms. The van der Waals surface area contributed by atoms with Crippen LogP contribution >= 0.6 is 0 Å². The number of hydrogen-bond donors (Lipinski definition) is 1. The van der Waals surface area contributed by atoms with Crippen molar-refractivity contribution in [1.82, 2.24) is 9.97 Å². The van der Waals surface area contributed by atoms with Crippen LogP contribution in [-0.4, -0.2) is 23.6 Å². The number of hydrogen-bond acceptors (Lipinski definition) is 4. The molecule has 0 unspecified atom stereocenters. The van der Waals surface area contributed by atoms with Gasteiger partial charge in [-0.3, -0.25) is 0 Å². The van der Waals surface area contributed by atoms with E-state index in [1.165, 1.54) is 18.4 Å². The van der Waals surface area contributed by atoms with E-state index in [9.17, 15) is 0 Å². The quantitative estimate of drug-likeness (QED) is 0.867. The number of unbranched alkanes of at least 4 members (excludes halogenated alkanes) is 1. The van der Waals surface area contributed by atoms with Crippen molar-refractivity contribution in [3.05, 3.63) is 42.1 Å². The number of aromatic nitrogens is 2. The number of nitrogens with one attached hydrogen (secondary N) is 1. The van der Waals surface area contributed by atoms with Crippen LogP contribution < -0.4 is 10.2 Å². The molecule has 0 aliphatic heterocycles. The summed E-state index contributed by atoms with van der Waals surface area (Å²) in [4.78, 5) is 11.0. The van der Waals surface area contributed by atoms with Gasteiger partial charge in [0, 0.05) is 25.5 Å². The Labute approximate surface area is 120 Å². The Kier molecular flexibility index (Phi) is 4.93. The van der Waals surface area contributed by atoms with E-state index in [-0.39, 0.29) is 0 Å². The molecule has 0 aliphatic carbocycles. The van der Waals surface area contributed by atoms with Crippen molar-refractivity contribution in [2.75, 3.05) is 23.8 Å². The first-order chi connectivity index (χ1) is 9.69. The SMILES string of the molecule is CCCCN(C)c1ccnc(Nc2ccc(C)cc2)n1. The lowest BCUT2D eigenvalue weighted by atomic mass is 10.2. The van der Waals surface area contributed by atoms with Crippen LogP contribution in [0.3, 0.4) is 0 Å². The standard InChI is InChI=1S/C16H22N4/c1-4-5-12-20(3)15-10-11-17-16(19-15)18-14-8-6-13(2)7-9-14/h6-11H,4-5,12H2,1-3H3,(H,17,18,19). The largest absolute Gasteiger partial charge is 0.360 e. The van der Waals surface area contributed by atoms with Crippen molar-refractivity contribution in [2.24, 2.45) is 0 Å². The molecule has 2 aromatic rings. The molecular weight excluding hydrogens is 248 g/mol. The van der Waals surface area contributed by atoms with Gasteiger partial charge in [-0.05, 0) is 31.5 Å². The summed E-state index contributed by atoms with van der Waals surface area (Å²) in [5.74, 6) is 1.58. The molecule has 2 rings (SSSR count). The number of anilines is 3. The van der Waals surface area contributed by atoms with Crippen molar-refractivity contribution in [2.45, 2.75) is 26.7 Å². The van der Waals surface area contributed by atoms with Gasteiger partial charge < -0.3 is 10.2 Å². The predicted octanol–water partition coefficient (Wildman–Crippen LogP) is 3.76. The van der Waals surface area contributed by atoms with Crippen molar-refractivity contribution in [3.8, 4) is 0 Å². The summed E-state index contributed by atoms with van der Waals surface area (Å²) in [6.45, 7) is 5.28. The molecule has 4 nitrogen and oxygen atoms in total. The van der Waals surface area contributed by atoms with Crippen molar-refractivity contribution < 1.29 is 0 Å². The highest BCUT2D eigenvalue weighted by Gasteiger charge is 2.04. The highest BCUT2D eigenvalue weighted by Crippen LogP contribution is 2.16. The summed E-state index contributed by atoms with van der Waals surface area (Å²) in [5.41, 5.74) is 2.24. The fourth-order valence-corrected chi connectivity index (χ4v) is 1.90. The molecule has 0 radical (unpaired) electrons. The van der Waals surface area contributed by atoms with Gasteiger partial charge in [0.25, 0.3) is 0 Å². The van der Waals surface area contributed by atoms with Gasteiger partial charge in [-0.1, -0.05) is 31.0 Å². The monoisotopic (exact) mass is 270 g/mol. The van der Waals surface area contributed by atoms with E-state index in [2.05, 4.69) is 53.2 Å². The van der Waals surface area contributed by atoms with E-state index in [0.29, 0.717) is 5.95 Å². The van der Waals surface area contributed by atoms with E-state index in [1.807, 2.05) is 18.2 Å². The molecule has 0 saturated carbocycles. The number of benzene rings is 1. The van der Waals surface area contributed by atoms with Gasteiger partial charge in [0.05, 0.1) is 0 Å². The number of aryl methyl sites for hydroxylation is 1. The number of nitrogens with zero attached hydrogens (tertiary/aromatic N) is 3. The second kappa shape index (κ2) is 6.89. The normalized spacial score (nSPS) is 10.3. The third kappa shape index (κ3) is 3.95. The van der Waals surface area contributed by atoms with E-state index < -0.39 is 0 Å². The smallest absolute Gasteiger partial charge is 0.229 e. The fraction of sp³-hybridized carbons (Fsp3) is 0.375. The van der Waals surface area contributed by atoms with Crippen LogP contribution in [0.25, 0.3) is 0 Å². The molecule has 20 heavy (non-hydrogen) atoms. The lowest BCUT2D eigenvalue weighted by molar-refractivity contribution is 0.759. The van der Waals surface area contributed by atoms with E-state index in [0.717, 1.165) is 18.1 Å². The number of rotatable bonds is 6. The Morgan fingerprint density at radius 2 is 1.90 bits per heavy atom. The Bertz CT molecular complexity index is 536. The van der Waals surface area contributed by atoms with Crippen LogP contribution in [0.2, 0.25) is 0 Å². The molecule has 0 aliphatic rings. The summed E-state index contributed by atoms with van der Waals surface area (Å²) in [6, 6.07) is 10.1. The Hall–Kier alpha value is -2.10. The summed E-state index contributed by atoms with van der Waals surface area (Å²) < 4.78 is 0. The maximum Gasteiger partial charge on any atom is 0.229 e. The molecule has 1 N–H and O–H groups in total. The molecule has 0 fully saturated rings. The molecular formula is C16H22N4. The van der Waals surface area contributed by atoms with Crippen LogP contribution in [0.1, 0.15) is 25.3 Å². The molecule has 1 aromatic carbocycles. The summed E-state index contributed by atoms with van der Waals surface area (Å²) in [7, 11) is 2.06. The maximum atomic E-state index is 4.55. The third-order valence-electron chi connectivity index (χ3n) is 3.19. The molecule has 0 amide bonds. The lowest BCUT2D eigenvalue weighted by Crippen LogP contribution is -2.19. The zero-order valence-electron chi connectivity index (χ0n) is 12.4. The summed E-state index contributed by atoms with van der Waals surface area (Å²) in [5, 5.41) is 3.23. The van der Waals surface area contributed by atoms with Gasteiger partial charge in [0.1, 0.15) is 5.82 Å². The van der Waals surface area contributed by atoms with Gasteiger partial charge in [-0.2, -0.15) is 4.98 Å². The molecule has 0 saturated heterocycles. The topological polar surface area (TPSA) is 41.1 Å². The van der Waals surface area contributed by atoms with Gasteiger partial charge in [0.2, 0.25) is 5.95 Å². The average molecular weight is 270 g/mol. The van der Waals surface area contributed by atoms with Gasteiger partial charge >= 0.3 is 0 Å². The van der Waals surface area contributed by atoms with Crippen molar-refractivity contribution >= 4 is 17.5 Å². The van der Waals surface area contributed by atoms with Crippen LogP contribution in [0.15, 0.2) is 36.5 Å². The minimum atomic E-state index is 0.634. The summed E-state index contributed by atoms with van der Waals surface area (Å²) >= 11 is 0. The lowest BCUT2D eigenvalue weighted by Gasteiger charge is -2.18. The van der Waals surface area contributed by atoms with Crippen LogP contribution in [0, 0.1) is 6.92 Å². The maximum absolute atomic E-state index is 4.55. The second-order valence-corrected chi connectivity index (χ2v) is 5.00. The summed E-state index contributed by atoms with van der Waals surface area (Å²) in [6.07, 6.45) is 4.15. The average Bonchev–Trinajstić information content (AvgIpc) is 2.47. The van der Waals surface area contributed by atoms with E-state index in [4.69, 9.17) is 0 Å². The van der Waals surface area contributed by atoms with Crippen molar-refractivity contribution in [3.63, 3.8) is 0 Å². The van der Waals surface area contributed by atoms with E-state index >= 15 is 0 Å². The molecule has 0 atom stereocenters. The second-order valence-electron chi connectivity index (χ2n) is 5.00. The van der Waals surface area contributed by atoms with Crippen LogP contribution in [0.4, 0.5) is 17.5 Å². The van der Waals surface area contributed by atoms with Crippen molar-refractivity contribution in [1.29, 1.82) is 0 Å². The van der Waals surface area contributed by atoms with Crippen LogP contribution in [0.5, 0.6) is 0 Å². The molecule has 106 valence electrons. The Morgan fingerprint density at radius 3 is 2.60 bits per heavy atom. The molecule has 0 spiro atoms. The highest BCUT2D eigenvalue weighted by atomic mass is 15.2. The van der Waals surface area contributed by atoms with Crippen LogP contribution in [-0.2, 0) is 0 Å². The molecule has 1 heterocycles. The first-order valence-electron chi connectivity index (χ1n) is 7.07. The first kappa shape index (κ1) is 14.3.